The SMILES string of the molecule is CSc1cccc(NC(=O)COC(=O)c2c(C)nc(-c3ccco3)nc2SC)c1. The predicted molar refractivity (Wildman–Crippen MR) is 113 cm³/mol. The molecule has 2 heterocycles. The maximum Gasteiger partial charge on any atom is 0.343 e. The van der Waals surface area contributed by atoms with Gasteiger partial charge in [0, 0.05) is 10.6 Å². The van der Waals surface area contributed by atoms with Crippen molar-refractivity contribution >= 4 is 41.1 Å². The number of rotatable bonds is 7. The zero-order chi connectivity index (χ0) is 20.8. The quantitative estimate of drug-likeness (QED) is 0.338. The Bertz CT molecular complexity index is 1020. The van der Waals surface area contributed by atoms with Crippen LogP contribution in [0.5, 0.6) is 0 Å². The smallest absolute Gasteiger partial charge is 0.343 e. The molecule has 2 aromatic heterocycles. The van der Waals surface area contributed by atoms with E-state index in [1.165, 1.54) is 18.0 Å². The lowest BCUT2D eigenvalue weighted by atomic mass is 10.2. The van der Waals surface area contributed by atoms with E-state index >= 15 is 0 Å². The van der Waals surface area contributed by atoms with Crippen molar-refractivity contribution in [2.45, 2.75) is 16.8 Å². The topological polar surface area (TPSA) is 94.3 Å². The average molecular weight is 430 g/mol. The molecule has 0 saturated heterocycles. The molecule has 0 fully saturated rings. The van der Waals surface area contributed by atoms with E-state index in [0.29, 0.717) is 28.0 Å². The van der Waals surface area contributed by atoms with Gasteiger partial charge in [-0.05, 0) is 49.8 Å². The second-order valence-corrected chi connectivity index (χ2v) is 7.53. The van der Waals surface area contributed by atoms with Crippen LogP contribution in [-0.2, 0) is 9.53 Å². The Balaban J connectivity index is 1.69. The Morgan fingerprint density at radius 3 is 2.66 bits per heavy atom. The van der Waals surface area contributed by atoms with Gasteiger partial charge in [0.05, 0.1) is 12.0 Å². The number of nitrogens with one attached hydrogen (secondary N) is 1. The fourth-order valence-corrected chi connectivity index (χ4v) is 3.62. The molecule has 3 rings (SSSR count). The van der Waals surface area contributed by atoms with Crippen LogP contribution in [-0.4, -0.2) is 41.0 Å². The number of nitrogens with zero attached hydrogens (tertiary/aromatic N) is 2. The summed E-state index contributed by atoms with van der Waals surface area (Å²) in [5.41, 5.74) is 1.34. The van der Waals surface area contributed by atoms with Crippen LogP contribution in [0.1, 0.15) is 16.1 Å². The summed E-state index contributed by atoms with van der Waals surface area (Å²) < 4.78 is 10.5. The Morgan fingerprint density at radius 1 is 1.14 bits per heavy atom. The van der Waals surface area contributed by atoms with Crippen molar-refractivity contribution in [1.82, 2.24) is 9.97 Å². The highest BCUT2D eigenvalue weighted by molar-refractivity contribution is 7.98. The third kappa shape index (κ3) is 5.18. The molecule has 0 saturated carbocycles. The first kappa shape index (κ1) is 20.9. The van der Waals surface area contributed by atoms with E-state index in [1.807, 2.05) is 24.5 Å². The van der Waals surface area contributed by atoms with Gasteiger partial charge in [-0.2, -0.15) is 0 Å². The molecule has 0 radical (unpaired) electrons. The van der Waals surface area contributed by atoms with Crippen molar-refractivity contribution in [1.29, 1.82) is 0 Å². The Hall–Kier alpha value is -2.78. The number of carbonyl (C=O) groups is 2. The first-order valence-electron chi connectivity index (χ1n) is 8.59. The molecule has 150 valence electrons. The standard InChI is InChI=1S/C20H19N3O4S2/c1-12-17(19(29-3)23-18(21-12)15-8-5-9-26-15)20(25)27-11-16(24)22-13-6-4-7-14(10-13)28-2/h4-10H,11H2,1-3H3,(H,22,24). The van der Waals surface area contributed by atoms with Crippen molar-refractivity contribution in [3.63, 3.8) is 0 Å². The molecule has 0 atom stereocenters. The molecular weight excluding hydrogens is 410 g/mol. The lowest BCUT2D eigenvalue weighted by Crippen LogP contribution is -2.22. The van der Waals surface area contributed by atoms with Crippen LogP contribution in [0.4, 0.5) is 5.69 Å². The number of ether oxygens (including phenoxy) is 1. The van der Waals surface area contributed by atoms with Gasteiger partial charge in [0.2, 0.25) is 0 Å². The van der Waals surface area contributed by atoms with Gasteiger partial charge in [-0.1, -0.05) is 6.07 Å². The first-order valence-corrected chi connectivity index (χ1v) is 11.0. The van der Waals surface area contributed by atoms with E-state index < -0.39 is 18.5 Å². The zero-order valence-corrected chi connectivity index (χ0v) is 17.7. The molecule has 0 unspecified atom stereocenters. The number of carbonyl (C=O) groups excluding carboxylic acids is 2. The van der Waals surface area contributed by atoms with E-state index in [9.17, 15) is 9.59 Å². The zero-order valence-electron chi connectivity index (χ0n) is 16.1. The predicted octanol–water partition coefficient (Wildman–Crippen LogP) is 4.28. The Morgan fingerprint density at radius 2 is 1.97 bits per heavy atom. The second-order valence-electron chi connectivity index (χ2n) is 5.85. The lowest BCUT2D eigenvalue weighted by Gasteiger charge is -2.11. The molecule has 9 heteroatoms. The molecular formula is C20H19N3O4S2. The van der Waals surface area contributed by atoms with Crippen molar-refractivity contribution in [3.05, 3.63) is 53.9 Å². The van der Waals surface area contributed by atoms with Gasteiger partial charge in [0.25, 0.3) is 5.91 Å². The number of hydrogen-bond acceptors (Lipinski definition) is 8. The lowest BCUT2D eigenvalue weighted by molar-refractivity contribution is -0.119. The van der Waals surface area contributed by atoms with Gasteiger partial charge in [-0.3, -0.25) is 4.79 Å². The third-order valence-electron chi connectivity index (χ3n) is 3.88. The number of esters is 1. The molecule has 1 aromatic carbocycles. The van der Waals surface area contributed by atoms with E-state index in [-0.39, 0.29) is 5.56 Å². The van der Waals surface area contributed by atoms with Gasteiger partial charge in [-0.15, -0.1) is 23.5 Å². The molecule has 0 bridgehead atoms. The first-order chi connectivity index (χ1) is 14.0. The largest absolute Gasteiger partial charge is 0.461 e. The monoisotopic (exact) mass is 429 g/mol. The maximum absolute atomic E-state index is 12.6. The normalized spacial score (nSPS) is 10.6. The van der Waals surface area contributed by atoms with Gasteiger partial charge < -0.3 is 14.5 Å². The van der Waals surface area contributed by atoms with Crippen molar-refractivity contribution in [2.24, 2.45) is 0 Å². The van der Waals surface area contributed by atoms with Crippen molar-refractivity contribution < 1.29 is 18.7 Å². The number of benzene rings is 1. The summed E-state index contributed by atoms with van der Waals surface area (Å²) in [6.45, 7) is 1.29. The van der Waals surface area contributed by atoms with E-state index in [0.717, 1.165) is 4.90 Å². The summed E-state index contributed by atoms with van der Waals surface area (Å²) in [6, 6.07) is 10.9. The molecule has 0 spiro atoms. The van der Waals surface area contributed by atoms with E-state index in [1.54, 1.807) is 43.1 Å². The fourth-order valence-electron chi connectivity index (χ4n) is 2.55. The number of thioether (sulfide) groups is 2. The summed E-state index contributed by atoms with van der Waals surface area (Å²) >= 11 is 2.87. The third-order valence-corrected chi connectivity index (χ3v) is 5.29. The van der Waals surface area contributed by atoms with Crippen molar-refractivity contribution in [3.8, 4) is 11.6 Å². The molecule has 7 nitrogen and oxygen atoms in total. The summed E-state index contributed by atoms with van der Waals surface area (Å²) in [4.78, 5) is 34.5. The number of anilines is 1. The van der Waals surface area contributed by atoms with Crippen LogP contribution in [0.15, 0.2) is 57.0 Å². The molecule has 1 amide bonds. The van der Waals surface area contributed by atoms with Crippen LogP contribution in [0.2, 0.25) is 0 Å². The minimum Gasteiger partial charge on any atom is -0.461 e. The van der Waals surface area contributed by atoms with Crippen LogP contribution in [0.25, 0.3) is 11.6 Å². The summed E-state index contributed by atoms with van der Waals surface area (Å²) in [5.74, 6) is -0.172. The summed E-state index contributed by atoms with van der Waals surface area (Å²) in [5, 5.41) is 3.18. The molecule has 0 aliphatic carbocycles. The number of aromatic nitrogens is 2. The van der Waals surface area contributed by atoms with Crippen molar-refractivity contribution in [2.75, 3.05) is 24.4 Å². The van der Waals surface area contributed by atoms with Gasteiger partial charge >= 0.3 is 5.97 Å². The number of furan rings is 1. The average Bonchev–Trinajstić information content (AvgIpc) is 3.26. The van der Waals surface area contributed by atoms with E-state index in [4.69, 9.17) is 9.15 Å². The highest BCUT2D eigenvalue weighted by Gasteiger charge is 2.22. The van der Waals surface area contributed by atoms with Gasteiger partial charge in [0.15, 0.2) is 18.2 Å². The van der Waals surface area contributed by atoms with Crippen LogP contribution >= 0.6 is 23.5 Å². The summed E-state index contributed by atoms with van der Waals surface area (Å²) in [6.07, 6.45) is 5.28. The number of amides is 1. The highest BCUT2D eigenvalue weighted by atomic mass is 32.2. The highest BCUT2D eigenvalue weighted by Crippen LogP contribution is 2.25. The van der Waals surface area contributed by atoms with Crippen LogP contribution in [0.3, 0.4) is 0 Å². The number of hydrogen-bond donors (Lipinski definition) is 1. The summed E-state index contributed by atoms with van der Waals surface area (Å²) in [7, 11) is 0. The Kier molecular flexibility index (Phi) is 6.95. The fraction of sp³-hybridized carbons (Fsp3) is 0.200. The molecule has 3 aromatic rings. The van der Waals surface area contributed by atoms with Gasteiger partial charge in [-0.25, -0.2) is 14.8 Å². The molecule has 0 aliphatic rings. The maximum atomic E-state index is 12.6. The molecule has 0 aliphatic heterocycles. The van der Waals surface area contributed by atoms with Crippen LogP contribution in [0, 0.1) is 6.92 Å². The van der Waals surface area contributed by atoms with E-state index in [2.05, 4.69) is 15.3 Å². The van der Waals surface area contributed by atoms with Gasteiger partial charge in [0.1, 0.15) is 10.6 Å². The minimum absolute atomic E-state index is 0.241. The molecule has 1 N–H and O–H groups in total. The molecule has 29 heavy (non-hydrogen) atoms. The second kappa shape index (κ2) is 9.62. The van der Waals surface area contributed by atoms with Crippen LogP contribution < -0.4 is 5.32 Å². The number of aryl methyl sites for hydroxylation is 1. The Labute approximate surface area is 176 Å². The minimum atomic E-state index is -0.647.